The molecule has 0 spiro atoms. The van der Waals surface area contributed by atoms with E-state index in [1.54, 1.807) is 12.3 Å². The molecule has 1 amide bonds. The van der Waals surface area contributed by atoms with Gasteiger partial charge in [-0.3, -0.25) is 4.79 Å². The molecule has 1 saturated heterocycles. The Hall–Kier alpha value is -1.04. The normalized spacial score (nSPS) is 20.6. The van der Waals surface area contributed by atoms with Crippen LogP contribution in [0, 0.1) is 5.92 Å². The van der Waals surface area contributed by atoms with E-state index in [-0.39, 0.29) is 5.91 Å². The Labute approximate surface area is 118 Å². The van der Waals surface area contributed by atoms with Crippen LogP contribution in [0.2, 0.25) is 5.02 Å². The zero-order valence-corrected chi connectivity index (χ0v) is 12.1. The number of ether oxygens (including phenoxy) is 1. The summed E-state index contributed by atoms with van der Waals surface area (Å²) < 4.78 is 5.57. The van der Waals surface area contributed by atoms with Crippen LogP contribution >= 0.6 is 11.6 Å². The average molecular weight is 286 g/mol. The number of hydrogen-bond acceptors (Lipinski definition) is 3. The minimum atomic E-state index is -0.0128. The Bertz CT molecular complexity index is 433. The highest BCUT2D eigenvalue weighted by atomic mass is 35.5. The van der Waals surface area contributed by atoms with Crippen molar-refractivity contribution < 1.29 is 9.53 Å². The van der Waals surface area contributed by atoms with Gasteiger partial charge in [0.05, 0.1) is 18.2 Å². The minimum absolute atomic E-state index is 0.0128. The van der Waals surface area contributed by atoms with Crippen molar-refractivity contribution in [1.82, 2.24) is 14.8 Å². The van der Waals surface area contributed by atoms with Crippen LogP contribution in [-0.4, -0.2) is 67.6 Å². The van der Waals surface area contributed by atoms with Crippen LogP contribution in [-0.2, 0) is 4.74 Å². The lowest BCUT2D eigenvalue weighted by Crippen LogP contribution is -2.38. The minimum Gasteiger partial charge on any atom is -0.379 e. The predicted molar refractivity (Wildman–Crippen MR) is 74.6 cm³/mol. The van der Waals surface area contributed by atoms with E-state index in [0.29, 0.717) is 42.9 Å². The monoisotopic (exact) mass is 285 g/mol. The Morgan fingerprint density at radius 1 is 1.63 bits per heavy atom. The third-order valence-electron chi connectivity index (χ3n) is 3.13. The molecule has 1 aromatic rings. The summed E-state index contributed by atoms with van der Waals surface area (Å²) in [6.45, 7) is 3.54. The molecule has 0 aliphatic carbocycles. The fraction of sp³-hybridized carbons (Fsp3) is 0.615. The summed E-state index contributed by atoms with van der Waals surface area (Å²) in [5.74, 6) is 0.327. The van der Waals surface area contributed by atoms with Gasteiger partial charge in [-0.2, -0.15) is 0 Å². The molecule has 1 N–H and O–H groups in total. The second-order valence-electron chi connectivity index (χ2n) is 5.19. The molecule has 5 nitrogen and oxygen atoms in total. The molecular formula is C13H20ClN3O2. The Kier molecular flexibility index (Phi) is 4.85. The maximum Gasteiger partial charge on any atom is 0.270 e. The number of rotatable bonds is 3. The number of nitrogens with one attached hydrogen (secondary N) is 1. The van der Waals surface area contributed by atoms with Gasteiger partial charge in [0, 0.05) is 31.7 Å². The molecule has 1 aliphatic heterocycles. The number of amides is 1. The van der Waals surface area contributed by atoms with Crippen molar-refractivity contribution in [2.24, 2.45) is 5.92 Å². The highest BCUT2D eigenvalue weighted by Crippen LogP contribution is 2.14. The van der Waals surface area contributed by atoms with Gasteiger partial charge >= 0.3 is 0 Å². The molecule has 19 heavy (non-hydrogen) atoms. The SMILES string of the molecule is CN(C)C[C@@H]1COCCN(C(=O)c2cc(Cl)c[nH]2)C1. The van der Waals surface area contributed by atoms with E-state index in [2.05, 4.69) is 9.88 Å². The number of nitrogens with zero attached hydrogens (tertiary/aromatic N) is 2. The van der Waals surface area contributed by atoms with Crippen LogP contribution in [0.15, 0.2) is 12.3 Å². The van der Waals surface area contributed by atoms with Crippen LogP contribution in [0.5, 0.6) is 0 Å². The highest BCUT2D eigenvalue weighted by molar-refractivity contribution is 6.30. The first-order chi connectivity index (χ1) is 9.06. The van der Waals surface area contributed by atoms with E-state index in [1.807, 2.05) is 19.0 Å². The van der Waals surface area contributed by atoms with Gasteiger partial charge in [0.1, 0.15) is 5.69 Å². The Morgan fingerprint density at radius 3 is 3.05 bits per heavy atom. The molecule has 1 fully saturated rings. The summed E-state index contributed by atoms with van der Waals surface area (Å²) >= 11 is 5.84. The van der Waals surface area contributed by atoms with E-state index in [4.69, 9.17) is 16.3 Å². The van der Waals surface area contributed by atoms with Gasteiger partial charge in [0.25, 0.3) is 5.91 Å². The maximum atomic E-state index is 12.4. The summed E-state index contributed by atoms with van der Waals surface area (Å²) in [6, 6.07) is 1.66. The lowest BCUT2D eigenvalue weighted by Gasteiger charge is -2.25. The Balaban J connectivity index is 2.03. The summed E-state index contributed by atoms with van der Waals surface area (Å²) in [6.07, 6.45) is 1.63. The number of halogens is 1. The Morgan fingerprint density at radius 2 is 2.42 bits per heavy atom. The molecule has 6 heteroatoms. The van der Waals surface area contributed by atoms with Crippen LogP contribution in [0.25, 0.3) is 0 Å². The van der Waals surface area contributed by atoms with E-state index in [1.165, 1.54) is 0 Å². The standard InChI is InChI=1S/C13H20ClN3O2/c1-16(2)7-10-8-17(3-4-19-9-10)13(18)12-5-11(14)6-15-12/h5-6,10,15H,3-4,7-9H2,1-2H3/t10-/m0/s1. The first-order valence-corrected chi connectivity index (χ1v) is 6.79. The number of aromatic nitrogens is 1. The lowest BCUT2D eigenvalue weighted by molar-refractivity contribution is 0.0730. The first kappa shape index (κ1) is 14.4. The van der Waals surface area contributed by atoms with E-state index >= 15 is 0 Å². The van der Waals surface area contributed by atoms with Crippen molar-refractivity contribution in [1.29, 1.82) is 0 Å². The molecule has 0 aromatic carbocycles. The van der Waals surface area contributed by atoms with Gasteiger partial charge in [-0.15, -0.1) is 0 Å². The third-order valence-corrected chi connectivity index (χ3v) is 3.34. The number of aromatic amines is 1. The van der Waals surface area contributed by atoms with Crippen molar-refractivity contribution in [3.63, 3.8) is 0 Å². The fourth-order valence-electron chi connectivity index (χ4n) is 2.35. The molecule has 1 aliphatic rings. The first-order valence-electron chi connectivity index (χ1n) is 6.42. The molecule has 106 valence electrons. The highest BCUT2D eigenvalue weighted by Gasteiger charge is 2.24. The van der Waals surface area contributed by atoms with Crippen LogP contribution < -0.4 is 0 Å². The van der Waals surface area contributed by atoms with Crippen molar-refractivity contribution in [3.8, 4) is 0 Å². The quantitative estimate of drug-likeness (QED) is 0.911. The second-order valence-corrected chi connectivity index (χ2v) is 5.62. The molecule has 1 atom stereocenters. The van der Waals surface area contributed by atoms with Gasteiger partial charge in [-0.25, -0.2) is 0 Å². The van der Waals surface area contributed by atoms with Gasteiger partial charge in [0.2, 0.25) is 0 Å². The second kappa shape index (κ2) is 6.41. The largest absolute Gasteiger partial charge is 0.379 e. The molecule has 2 heterocycles. The molecule has 2 rings (SSSR count). The predicted octanol–water partition coefficient (Wildman–Crippen LogP) is 1.32. The molecule has 1 aromatic heterocycles. The van der Waals surface area contributed by atoms with Crippen molar-refractivity contribution in [2.45, 2.75) is 0 Å². The van der Waals surface area contributed by atoms with Crippen LogP contribution in [0.4, 0.5) is 0 Å². The van der Waals surface area contributed by atoms with Gasteiger partial charge in [0.15, 0.2) is 0 Å². The zero-order valence-electron chi connectivity index (χ0n) is 11.4. The molecule has 0 radical (unpaired) electrons. The summed E-state index contributed by atoms with van der Waals surface area (Å²) in [5, 5.41) is 0.555. The summed E-state index contributed by atoms with van der Waals surface area (Å²) in [5.41, 5.74) is 0.538. The zero-order chi connectivity index (χ0) is 13.8. The van der Waals surface area contributed by atoms with Crippen LogP contribution in [0.1, 0.15) is 10.5 Å². The summed E-state index contributed by atoms with van der Waals surface area (Å²) in [7, 11) is 4.06. The van der Waals surface area contributed by atoms with Gasteiger partial charge in [-0.1, -0.05) is 11.6 Å². The van der Waals surface area contributed by atoms with Crippen molar-refractivity contribution >= 4 is 17.5 Å². The van der Waals surface area contributed by atoms with E-state index < -0.39 is 0 Å². The third kappa shape index (κ3) is 3.96. The van der Waals surface area contributed by atoms with Crippen LogP contribution in [0.3, 0.4) is 0 Å². The smallest absolute Gasteiger partial charge is 0.270 e. The average Bonchev–Trinajstić information content (AvgIpc) is 2.64. The number of H-pyrrole nitrogens is 1. The molecular weight excluding hydrogens is 266 g/mol. The van der Waals surface area contributed by atoms with E-state index in [0.717, 1.165) is 6.54 Å². The fourth-order valence-corrected chi connectivity index (χ4v) is 2.52. The number of carbonyl (C=O) groups is 1. The van der Waals surface area contributed by atoms with Gasteiger partial charge in [-0.05, 0) is 20.2 Å². The number of hydrogen-bond donors (Lipinski definition) is 1. The van der Waals surface area contributed by atoms with Gasteiger partial charge < -0.3 is 19.5 Å². The lowest BCUT2D eigenvalue weighted by atomic mass is 10.1. The van der Waals surface area contributed by atoms with Crippen molar-refractivity contribution in [2.75, 3.05) is 46.9 Å². The summed E-state index contributed by atoms with van der Waals surface area (Å²) in [4.78, 5) is 19.2. The maximum absolute atomic E-state index is 12.4. The molecule has 0 bridgehead atoms. The van der Waals surface area contributed by atoms with Crippen molar-refractivity contribution in [3.05, 3.63) is 23.0 Å². The molecule has 0 unspecified atom stereocenters. The number of carbonyl (C=O) groups excluding carboxylic acids is 1. The topological polar surface area (TPSA) is 48.6 Å². The molecule has 0 saturated carbocycles. The van der Waals surface area contributed by atoms with E-state index in [9.17, 15) is 4.79 Å².